The summed E-state index contributed by atoms with van der Waals surface area (Å²) in [7, 11) is 0. The Kier molecular flexibility index (Phi) is 8.15. The summed E-state index contributed by atoms with van der Waals surface area (Å²) in [4.78, 5) is 30.4. The molecular formula is C18H36N4O4. The lowest BCUT2D eigenvalue weighted by Crippen LogP contribution is -2.44. The topological polar surface area (TPSA) is 88.3 Å². The number of rotatable bonds is 2. The van der Waals surface area contributed by atoms with Crippen LogP contribution in [-0.2, 0) is 9.47 Å². The second-order valence-corrected chi connectivity index (χ2v) is 8.57. The number of hydrogen-bond acceptors (Lipinski definition) is 6. The van der Waals surface area contributed by atoms with Gasteiger partial charge < -0.3 is 25.0 Å². The molecule has 0 radical (unpaired) electrons. The van der Waals surface area contributed by atoms with Crippen LogP contribution in [0.15, 0.2) is 0 Å². The van der Waals surface area contributed by atoms with Gasteiger partial charge in [-0.05, 0) is 41.5 Å². The zero-order valence-corrected chi connectivity index (χ0v) is 17.2. The minimum absolute atomic E-state index is 0.365. The van der Waals surface area contributed by atoms with Crippen molar-refractivity contribution < 1.29 is 19.1 Å². The molecule has 8 nitrogen and oxygen atoms in total. The lowest BCUT2D eigenvalue weighted by Gasteiger charge is -2.30. The molecule has 0 spiro atoms. The van der Waals surface area contributed by atoms with Crippen molar-refractivity contribution in [3.05, 3.63) is 0 Å². The van der Waals surface area contributed by atoms with E-state index in [1.165, 1.54) is 0 Å². The number of amides is 2. The third-order valence-corrected chi connectivity index (χ3v) is 3.76. The molecule has 0 unspecified atom stereocenters. The van der Waals surface area contributed by atoms with Crippen LogP contribution in [0.1, 0.15) is 41.5 Å². The van der Waals surface area contributed by atoms with Gasteiger partial charge in [0.2, 0.25) is 0 Å². The van der Waals surface area contributed by atoms with Gasteiger partial charge >= 0.3 is 12.2 Å². The lowest BCUT2D eigenvalue weighted by molar-refractivity contribution is 0.0154. The molecule has 1 rings (SSSR count). The van der Waals surface area contributed by atoms with Crippen LogP contribution in [0.3, 0.4) is 0 Å². The maximum absolute atomic E-state index is 12.5. The first kappa shape index (κ1) is 22.5. The highest BCUT2D eigenvalue weighted by Crippen LogP contribution is 2.13. The summed E-state index contributed by atoms with van der Waals surface area (Å²) in [6, 6.07) is 0. The van der Waals surface area contributed by atoms with Crippen LogP contribution in [0.4, 0.5) is 9.59 Å². The summed E-state index contributed by atoms with van der Waals surface area (Å²) in [5.41, 5.74) is 4.58. The molecule has 1 saturated heterocycles. The molecule has 1 heterocycles. The maximum Gasteiger partial charge on any atom is 0.410 e. The van der Waals surface area contributed by atoms with Gasteiger partial charge in [0.1, 0.15) is 11.2 Å². The van der Waals surface area contributed by atoms with E-state index in [2.05, 4.69) is 4.90 Å². The van der Waals surface area contributed by atoms with Gasteiger partial charge in [0.25, 0.3) is 0 Å². The maximum atomic E-state index is 12.5. The SMILES string of the molecule is CC(C)(C)OC(=O)N1CCN(CCN)CCN(C(=O)OC(C)(C)C)CC1. The van der Waals surface area contributed by atoms with E-state index in [0.717, 1.165) is 0 Å². The summed E-state index contributed by atoms with van der Waals surface area (Å²) in [5, 5.41) is 0. The Balaban J connectivity index is 2.85. The molecule has 0 aromatic heterocycles. The van der Waals surface area contributed by atoms with Gasteiger partial charge in [0.05, 0.1) is 0 Å². The van der Waals surface area contributed by atoms with Crippen LogP contribution in [0.25, 0.3) is 0 Å². The average Bonchev–Trinajstić information content (AvgIpc) is 2.55. The van der Waals surface area contributed by atoms with Crippen LogP contribution in [0.5, 0.6) is 0 Å². The minimum atomic E-state index is -0.558. The summed E-state index contributed by atoms with van der Waals surface area (Å²) in [5.74, 6) is 0. The zero-order valence-electron chi connectivity index (χ0n) is 17.2. The molecule has 2 amide bonds. The Morgan fingerprint density at radius 2 is 1.12 bits per heavy atom. The zero-order chi connectivity index (χ0) is 20.0. The molecule has 0 aromatic carbocycles. The van der Waals surface area contributed by atoms with Crippen molar-refractivity contribution in [2.45, 2.75) is 52.7 Å². The summed E-state index contributed by atoms with van der Waals surface area (Å²) in [6.07, 6.45) is -0.729. The Morgan fingerprint density at radius 1 is 0.769 bits per heavy atom. The van der Waals surface area contributed by atoms with Crippen LogP contribution < -0.4 is 5.73 Å². The number of nitrogens with zero attached hydrogens (tertiary/aromatic N) is 3. The number of nitrogens with two attached hydrogens (primary N) is 1. The smallest absolute Gasteiger partial charge is 0.410 e. The molecule has 1 aliphatic rings. The fraction of sp³-hybridized carbons (Fsp3) is 0.889. The molecule has 26 heavy (non-hydrogen) atoms. The van der Waals surface area contributed by atoms with E-state index in [1.807, 2.05) is 41.5 Å². The van der Waals surface area contributed by atoms with Gasteiger partial charge in [0, 0.05) is 52.4 Å². The van der Waals surface area contributed by atoms with E-state index in [4.69, 9.17) is 15.2 Å². The summed E-state index contributed by atoms with van der Waals surface area (Å²) < 4.78 is 11.0. The molecule has 8 heteroatoms. The second-order valence-electron chi connectivity index (χ2n) is 8.57. The molecule has 0 atom stereocenters. The quantitative estimate of drug-likeness (QED) is 0.794. The fourth-order valence-electron chi connectivity index (χ4n) is 2.53. The molecule has 2 N–H and O–H groups in total. The van der Waals surface area contributed by atoms with Crippen molar-refractivity contribution in [1.82, 2.24) is 14.7 Å². The van der Waals surface area contributed by atoms with Crippen molar-refractivity contribution in [2.75, 3.05) is 52.4 Å². The van der Waals surface area contributed by atoms with Crippen molar-refractivity contribution in [2.24, 2.45) is 5.73 Å². The van der Waals surface area contributed by atoms with Crippen LogP contribution >= 0.6 is 0 Å². The monoisotopic (exact) mass is 372 g/mol. The van der Waals surface area contributed by atoms with E-state index in [-0.39, 0.29) is 12.2 Å². The number of carbonyl (C=O) groups is 2. The normalized spacial score (nSPS) is 18.0. The fourth-order valence-corrected chi connectivity index (χ4v) is 2.53. The van der Waals surface area contributed by atoms with E-state index in [1.54, 1.807) is 9.80 Å². The number of carbonyl (C=O) groups excluding carboxylic acids is 2. The highest BCUT2D eigenvalue weighted by atomic mass is 16.6. The van der Waals surface area contributed by atoms with Crippen molar-refractivity contribution in [1.29, 1.82) is 0 Å². The first-order valence-electron chi connectivity index (χ1n) is 9.29. The number of hydrogen-bond donors (Lipinski definition) is 1. The first-order chi connectivity index (χ1) is 11.9. The Bertz CT molecular complexity index is 431. The standard InChI is InChI=1S/C18H36N4O4/c1-17(2,3)25-15(23)21-11-9-20(8-7-19)10-12-22(14-13-21)16(24)26-18(4,5)6/h7-14,19H2,1-6H3. The van der Waals surface area contributed by atoms with E-state index in [9.17, 15) is 9.59 Å². The highest BCUT2D eigenvalue weighted by Gasteiger charge is 2.27. The van der Waals surface area contributed by atoms with Crippen LogP contribution in [0, 0.1) is 0 Å². The van der Waals surface area contributed by atoms with Gasteiger partial charge in [-0.15, -0.1) is 0 Å². The first-order valence-corrected chi connectivity index (χ1v) is 9.29. The van der Waals surface area contributed by atoms with Gasteiger partial charge in [-0.2, -0.15) is 0 Å². The van der Waals surface area contributed by atoms with Gasteiger partial charge in [-0.3, -0.25) is 4.90 Å². The summed E-state index contributed by atoms with van der Waals surface area (Å²) in [6.45, 7) is 15.6. The Hall–Kier alpha value is -1.54. The van der Waals surface area contributed by atoms with Crippen LogP contribution in [0.2, 0.25) is 0 Å². The minimum Gasteiger partial charge on any atom is -0.444 e. The van der Waals surface area contributed by atoms with Crippen molar-refractivity contribution in [3.8, 4) is 0 Å². The Labute approximate surface area is 157 Å². The lowest BCUT2D eigenvalue weighted by atomic mass is 10.2. The third-order valence-electron chi connectivity index (χ3n) is 3.76. The summed E-state index contributed by atoms with van der Waals surface area (Å²) >= 11 is 0. The number of ether oxygens (including phenoxy) is 2. The predicted molar refractivity (Wildman–Crippen MR) is 101 cm³/mol. The van der Waals surface area contributed by atoms with Gasteiger partial charge in [-0.1, -0.05) is 0 Å². The van der Waals surface area contributed by atoms with Gasteiger partial charge in [0.15, 0.2) is 0 Å². The molecule has 0 saturated carbocycles. The third kappa shape index (κ3) is 8.71. The van der Waals surface area contributed by atoms with E-state index < -0.39 is 11.2 Å². The molecule has 1 aliphatic heterocycles. The van der Waals surface area contributed by atoms with E-state index in [0.29, 0.717) is 52.4 Å². The van der Waals surface area contributed by atoms with Crippen molar-refractivity contribution in [3.63, 3.8) is 0 Å². The van der Waals surface area contributed by atoms with Gasteiger partial charge in [-0.25, -0.2) is 9.59 Å². The molecule has 1 fully saturated rings. The van der Waals surface area contributed by atoms with E-state index >= 15 is 0 Å². The average molecular weight is 373 g/mol. The largest absolute Gasteiger partial charge is 0.444 e. The van der Waals surface area contributed by atoms with Crippen LogP contribution in [-0.4, -0.2) is 90.4 Å². The Morgan fingerprint density at radius 3 is 1.42 bits per heavy atom. The molecular weight excluding hydrogens is 336 g/mol. The highest BCUT2D eigenvalue weighted by molar-refractivity contribution is 5.69. The molecule has 0 aromatic rings. The molecule has 152 valence electrons. The van der Waals surface area contributed by atoms with Crippen molar-refractivity contribution >= 4 is 12.2 Å². The molecule has 0 bridgehead atoms. The predicted octanol–water partition coefficient (Wildman–Crippen LogP) is 1.73. The molecule has 0 aliphatic carbocycles. The second kappa shape index (κ2) is 9.41.